The number of rotatable bonds is 8. The van der Waals surface area contributed by atoms with Crippen LogP contribution in [0.2, 0.25) is 0 Å². The third kappa shape index (κ3) is 5.31. The molecule has 0 spiro atoms. The Balaban J connectivity index is 1.58. The Labute approximate surface area is 207 Å². The van der Waals surface area contributed by atoms with E-state index in [1.807, 2.05) is 43.3 Å². The monoisotopic (exact) mass is 474 g/mol. The number of amides is 1. The summed E-state index contributed by atoms with van der Waals surface area (Å²) in [6.07, 6.45) is 3.74. The highest BCUT2D eigenvalue weighted by molar-refractivity contribution is 6.06. The zero-order valence-corrected chi connectivity index (χ0v) is 21.0. The average molecular weight is 475 g/mol. The van der Waals surface area contributed by atoms with Crippen molar-refractivity contribution in [1.29, 1.82) is 0 Å². The average Bonchev–Trinajstić information content (AvgIpc) is 2.86. The number of anilines is 1. The summed E-state index contributed by atoms with van der Waals surface area (Å²) in [4.78, 5) is 30.9. The van der Waals surface area contributed by atoms with Gasteiger partial charge in [-0.25, -0.2) is 4.79 Å². The largest absolute Gasteiger partial charge is 0.492 e. The van der Waals surface area contributed by atoms with Crippen molar-refractivity contribution in [2.24, 2.45) is 11.3 Å². The van der Waals surface area contributed by atoms with Crippen molar-refractivity contribution >= 4 is 28.5 Å². The molecule has 1 aromatic heterocycles. The molecule has 1 heterocycles. The Morgan fingerprint density at radius 3 is 2.60 bits per heavy atom. The van der Waals surface area contributed by atoms with Crippen molar-refractivity contribution in [2.75, 3.05) is 18.5 Å². The van der Waals surface area contributed by atoms with Crippen molar-refractivity contribution in [3.8, 4) is 5.75 Å². The number of fused-ring (bicyclic) bond motifs is 2. The van der Waals surface area contributed by atoms with Crippen molar-refractivity contribution < 1.29 is 19.1 Å². The molecule has 0 radical (unpaired) electrons. The summed E-state index contributed by atoms with van der Waals surface area (Å²) in [5.74, 6) is 0.132. The molecule has 0 fully saturated rings. The molecule has 0 bridgehead atoms. The van der Waals surface area contributed by atoms with Gasteiger partial charge < -0.3 is 14.8 Å². The number of nitrogens with one attached hydrogen (secondary N) is 1. The summed E-state index contributed by atoms with van der Waals surface area (Å²) in [5, 5.41) is 3.55. The molecule has 6 heteroatoms. The van der Waals surface area contributed by atoms with Gasteiger partial charge in [0, 0.05) is 11.1 Å². The quantitative estimate of drug-likeness (QED) is 0.407. The highest BCUT2D eigenvalue weighted by atomic mass is 16.5. The Morgan fingerprint density at radius 1 is 1.09 bits per heavy atom. The molecule has 6 nitrogen and oxygen atoms in total. The number of para-hydroxylation sites is 3. The van der Waals surface area contributed by atoms with Crippen molar-refractivity contribution in [1.82, 2.24) is 4.98 Å². The van der Waals surface area contributed by atoms with Gasteiger partial charge in [0.2, 0.25) is 0 Å². The van der Waals surface area contributed by atoms with Crippen LogP contribution in [-0.4, -0.2) is 30.1 Å². The Morgan fingerprint density at radius 2 is 1.83 bits per heavy atom. The molecular weight excluding hydrogens is 440 g/mol. The molecule has 1 aliphatic carbocycles. The van der Waals surface area contributed by atoms with Gasteiger partial charge in [0.25, 0.3) is 5.91 Å². The fraction of sp³-hybridized carbons (Fsp3) is 0.414. The normalized spacial score (nSPS) is 15.4. The highest BCUT2D eigenvalue weighted by Crippen LogP contribution is 2.41. The van der Waals surface area contributed by atoms with Crippen molar-refractivity contribution in [2.45, 2.75) is 53.4 Å². The first-order valence-electron chi connectivity index (χ1n) is 12.4. The number of esters is 1. The fourth-order valence-corrected chi connectivity index (χ4v) is 4.82. The van der Waals surface area contributed by atoms with E-state index < -0.39 is 11.9 Å². The van der Waals surface area contributed by atoms with E-state index in [2.05, 4.69) is 26.1 Å². The van der Waals surface area contributed by atoms with Crippen LogP contribution in [0.15, 0.2) is 48.5 Å². The van der Waals surface area contributed by atoms with Crippen LogP contribution in [0.25, 0.3) is 10.9 Å². The SMILES string of the molecule is CCOc1ccccc1NC(=O)COC(=O)c1c2c(nc3ccccc13)CCC(C(C)(C)CC)C2. The van der Waals surface area contributed by atoms with Crippen molar-refractivity contribution in [3.05, 3.63) is 65.4 Å². The van der Waals surface area contributed by atoms with Crippen LogP contribution in [0, 0.1) is 11.3 Å². The first kappa shape index (κ1) is 24.7. The number of hydrogen-bond donors (Lipinski definition) is 1. The Bertz CT molecular complexity index is 1230. The van der Waals surface area contributed by atoms with E-state index in [0.29, 0.717) is 29.5 Å². The number of ether oxygens (including phenoxy) is 2. The summed E-state index contributed by atoms with van der Waals surface area (Å²) in [7, 11) is 0. The molecule has 0 saturated heterocycles. The maximum absolute atomic E-state index is 13.4. The molecular formula is C29H34N2O4. The molecule has 0 aliphatic heterocycles. The van der Waals surface area contributed by atoms with Crippen LogP contribution in [-0.2, 0) is 22.4 Å². The third-order valence-electron chi connectivity index (χ3n) is 7.27. The predicted octanol–water partition coefficient (Wildman–Crippen LogP) is 5.97. The Hall–Kier alpha value is -3.41. The van der Waals surface area contributed by atoms with E-state index in [1.165, 1.54) is 0 Å². The number of carbonyl (C=O) groups is 2. The second-order valence-electron chi connectivity index (χ2n) is 9.76. The molecule has 0 saturated carbocycles. The summed E-state index contributed by atoms with van der Waals surface area (Å²) in [6.45, 7) is 8.78. The lowest BCUT2D eigenvalue weighted by atomic mass is 9.68. The molecule has 2 aromatic carbocycles. The van der Waals surface area contributed by atoms with Gasteiger partial charge in [0.1, 0.15) is 5.75 Å². The first-order valence-corrected chi connectivity index (χ1v) is 12.4. The van der Waals surface area contributed by atoms with Gasteiger partial charge in [-0.15, -0.1) is 0 Å². The summed E-state index contributed by atoms with van der Waals surface area (Å²) >= 11 is 0. The van der Waals surface area contributed by atoms with Gasteiger partial charge in [-0.1, -0.05) is 57.5 Å². The minimum atomic E-state index is -0.483. The van der Waals surface area contributed by atoms with Gasteiger partial charge in [0.15, 0.2) is 6.61 Å². The zero-order valence-electron chi connectivity index (χ0n) is 21.0. The van der Waals surface area contributed by atoms with E-state index in [9.17, 15) is 9.59 Å². The lowest BCUT2D eigenvalue weighted by molar-refractivity contribution is -0.119. The summed E-state index contributed by atoms with van der Waals surface area (Å²) in [6, 6.07) is 14.9. The molecule has 3 aromatic rings. The Kier molecular flexibility index (Phi) is 7.39. The smallest absolute Gasteiger partial charge is 0.339 e. The topological polar surface area (TPSA) is 77.5 Å². The van der Waals surface area contributed by atoms with Crippen LogP contribution in [0.5, 0.6) is 5.75 Å². The maximum Gasteiger partial charge on any atom is 0.339 e. The first-order chi connectivity index (χ1) is 16.8. The third-order valence-corrected chi connectivity index (χ3v) is 7.27. The number of aromatic nitrogens is 1. The second kappa shape index (κ2) is 10.5. The van der Waals surface area contributed by atoms with Gasteiger partial charge >= 0.3 is 5.97 Å². The molecule has 1 unspecified atom stereocenters. The zero-order chi connectivity index (χ0) is 25.0. The van der Waals surface area contributed by atoms with Gasteiger partial charge in [0.05, 0.1) is 23.4 Å². The lowest BCUT2D eigenvalue weighted by Gasteiger charge is -2.37. The highest BCUT2D eigenvalue weighted by Gasteiger charge is 2.34. The van der Waals surface area contributed by atoms with Crippen LogP contribution < -0.4 is 10.1 Å². The van der Waals surface area contributed by atoms with E-state index in [0.717, 1.165) is 47.8 Å². The standard InChI is InChI=1S/C29H34N2O4/c1-5-29(3,4)19-15-16-23-21(17-19)27(20-11-7-8-12-22(20)30-23)28(33)35-18-26(32)31-24-13-9-10-14-25(24)34-6-2/h7-14,19H,5-6,15-18H2,1-4H3,(H,31,32). The summed E-state index contributed by atoms with van der Waals surface area (Å²) in [5.41, 5.74) is 3.97. The number of pyridine rings is 1. The van der Waals surface area contributed by atoms with Gasteiger partial charge in [-0.05, 0) is 61.3 Å². The number of benzene rings is 2. The van der Waals surface area contributed by atoms with Crippen LogP contribution in [0.4, 0.5) is 5.69 Å². The maximum atomic E-state index is 13.4. The van der Waals surface area contributed by atoms with E-state index in [-0.39, 0.29) is 12.0 Å². The molecule has 35 heavy (non-hydrogen) atoms. The molecule has 1 aliphatic rings. The number of aryl methyl sites for hydroxylation is 1. The predicted molar refractivity (Wildman–Crippen MR) is 138 cm³/mol. The number of nitrogens with zero attached hydrogens (tertiary/aromatic N) is 1. The summed E-state index contributed by atoms with van der Waals surface area (Å²) < 4.78 is 11.1. The van der Waals surface area contributed by atoms with E-state index >= 15 is 0 Å². The van der Waals surface area contributed by atoms with Crippen LogP contribution in [0.3, 0.4) is 0 Å². The minimum Gasteiger partial charge on any atom is -0.492 e. The second-order valence-corrected chi connectivity index (χ2v) is 9.76. The van der Waals surface area contributed by atoms with Gasteiger partial charge in [-0.2, -0.15) is 0 Å². The minimum absolute atomic E-state index is 0.165. The van der Waals surface area contributed by atoms with Crippen molar-refractivity contribution in [3.63, 3.8) is 0 Å². The fourth-order valence-electron chi connectivity index (χ4n) is 4.82. The molecule has 1 atom stereocenters. The molecule has 1 amide bonds. The molecule has 184 valence electrons. The van der Waals surface area contributed by atoms with E-state index in [4.69, 9.17) is 14.5 Å². The van der Waals surface area contributed by atoms with Gasteiger partial charge in [-0.3, -0.25) is 9.78 Å². The lowest BCUT2D eigenvalue weighted by Crippen LogP contribution is -2.31. The number of hydrogen-bond acceptors (Lipinski definition) is 5. The van der Waals surface area contributed by atoms with Crippen LogP contribution in [0.1, 0.15) is 62.2 Å². The molecule has 1 N–H and O–H groups in total. The van der Waals surface area contributed by atoms with E-state index in [1.54, 1.807) is 12.1 Å². The van der Waals surface area contributed by atoms with Crippen LogP contribution >= 0.6 is 0 Å². The number of carbonyl (C=O) groups excluding carboxylic acids is 2. The molecule has 4 rings (SSSR count).